The molecule has 7 aromatic rings. The molecule has 2 atom stereocenters. The van der Waals surface area contributed by atoms with Gasteiger partial charge in [-0.25, -0.2) is 4.79 Å². The number of esters is 1. The average Bonchev–Trinajstić information content (AvgIpc) is 3.63. The topological polar surface area (TPSA) is 36.2 Å². The molecule has 0 saturated heterocycles. The summed E-state index contributed by atoms with van der Waals surface area (Å²) in [4.78, 5) is 12.1. The van der Waals surface area contributed by atoms with Gasteiger partial charge in [0, 0.05) is 61.8 Å². The first kappa shape index (κ1) is 30.9. The summed E-state index contributed by atoms with van der Waals surface area (Å²) in [7, 11) is 0. The highest BCUT2D eigenvalue weighted by Gasteiger charge is 2.15. The van der Waals surface area contributed by atoms with Crippen LogP contribution in [0.5, 0.6) is 0 Å². The number of para-hydroxylation sites is 3. The van der Waals surface area contributed by atoms with Crippen molar-refractivity contribution in [3.63, 3.8) is 0 Å². The van der Waals surface area contributed by atoms with Gasteiger partial charge in [-0.05, 0) is 74.2 Å². The van der Waals surface area contributed by atoms with E-state index >= 15 is 0 Å². The monoisotopic (exact) mass is 606 g/mol. The molecule has 0 fully saturated rings. The van der Waals surface area contributed by atoms with Crippen LogP contribution in [0.3, 0.4) is 0 Å². The van der Waals surface area contributed by atoms with E-state index in [1.807, 2.05) is 36.4 Å². The SMILES string of the molecule is CCC(C)n1c2ccccc2c2cc(COC(=O)/C=C/c3ccccc3)ccc21.CCC(C)n1c2ccccc2c2ccccc21. The normalized spacial score (nSPS) is 12.9. The van der Waals surface area contributed by atoms with Crippen LogP contribution < -0.4 is 0 Å². The van der Waals surface area contributed by atoms with Gasteiger partial charge in [0.2, 0.25) is 0 Å². The quantitative estimate of drug-likeness (QED) is 0.127. The van der Waals surface area contributed by atoms with Gasteiger partial charge in [-0.3, -0.25) is 0 Å². The smallest absolute Gasteiger partial charge is 0.331 e. The average molecular weight is 607 g/mol. The van der Waals surface area contributed by atoms with Crippen LogP contribution in [0.15, 0.2) is 127 Å². The summed E-state index contributed by atoms with van der Waals surface area (Å²) in [5.41, 5.74) is 7.14. The molecule has 0 aliphatic heterocycles. The van der Waals surface area contributed by atoms with Crippen molar-refractivity contribution >= 4 is 55.7 Å². The molecule has 0 saturated carbocycles. The number of carbonyl (C=O) groups is 1. The highest BCUT2D eigenvalue weighted by molar-refractivity contribution is 6.09. The van der Waals surface area contributed by atoms with Crippen molar-refractivity contribution < 1.29 is 9.53 Å². The first-order valence-corrected chi connectivity index (χ1v) is 16.4. The Morgan fingerprint density at radius 1 is 0.609 bits per heavy atom. The number of ether oxygens (including phenoxy) is 1. The summed E-state index contributed by atoms with van der Waals surface area (Å²) in [6, 6.07) is 42.9. The van der Waals surface area contributed by atoms with E-state index in [9.17, 15) is 4.79 Å². The molecule has 2 aromatic heterocycles. The number of fused-ring (bicyclic) bond motifs is 6. The maximum atomic E-state index is 12.1. The van der Waals surface area contributed by atoms with Crippen molar-refractivity contribution in [3.05, 3.63) is 139 Å². The first-order chi connectivity index (χ1) is 22.5. The second-order valence-electron chi connectivity index (χ2n) is 12.0. The molecule has 2 heterocycles. The third-order valence-electron chi connectivity index (χ3n) is 9.05. The fraction of sp³-hybridized carbons (Fsp3) is 0.214. The van der Waals surface area contributed by atoms with Gasteiger partial charge >= 0.3 is 5.97 Å². The molecule has 5 aromatic carbocycles. The van der Waals surface area contributed by atoms with E-state index in [0.717, 1.165) is 24.0 Å². The zero-order valence-electron chi connectivity index (χ0n) is 27.2. The molecule has 4 nitrogen and oxygen atoms in total. The molecule has 4 heteroatoms. The van der Waals surface area contributed by atoms with Crippen molar-refractivity contribution in [1.82, 2.24) is 9.13 Å². The third-order valence-corrected chi connectivity index (χ3v) is 9.05. The molecule has 46 heavy (non-hydrogen) atoms. The predicted molar refractivity (Wildman–Crippen MR) is 194 cm³/mol. The first-order valence-electron chi connectivity index (χ1n) is 16.4. The van der Waals surface area contributed by atoms with Crippen molar-refractivity contribution in [1.29, 1.82) is 0 Å². The molecule has 232 valence electrons. The molecule has 0 bridgehead atoms. The molecular weight excluding hydrogens is 564 g/mol. The summed E-state index contributed by atoms with van der Waals surface area (Å²) in [5, 5.41) is 5.17. The lowest BCUT2D eigenvalue weighted by molar-refractivity contribution is -0.138. The van der Waals surface area contributed by atoms with Gasteiger partial charge in [-0.1, -0.05) is 105 Å². The standard InChI is InChI=1S/C26H25NO2.C16H17N/c1-3-19(2)27-24-12-8-7-11-22(24)23-17-21(13-15-25(23)27)18-29-26(28)16-14-20-9-5-4-6-10-20;1-3-12(2)17-15-10-6-4-8-13(15)14-9-5-7-11-16(14)17/h4-17,19H,3,18H2,1-2H3;4-12H,3H2,1-2H3/b16-14+;. The zero-order chi connectivity index (χ0) is 32.0. The van der Waals surface area contributed by atoms with Gasteiger partial charge in [0.1, 0.15) is 6.61 Å². The van der Waals surface area contributed by atoms with Crippen LogP contribution in [0.25, 0.3) is 49.7 Å². The molecular formula is C42H42N2O2. The van der Waals surface area contributed by atoms with E-state index in [1.165, 1.54) is 49.7 Å². The molecule has 0 aliphatic carbocycles. The molecule has 0 radical (unpaired) electrons. The minimum Gasteiger partial charge on any atom is -0.458 e. The molecule has 7 rings (SSSR count). The Kier molecular flexibility index (Phi) is 9.35. The number of nitrogens with zero attached hydrogens (tertiary/aromatic N) is 2. The summed E-state index contributed by atoms with van der Waals surface area (Å²) < 4.78 is 10.3. The number of hydrogen-bond donors (Lipinski definition) is 0. The summed E-state index contributed by atoms with van der Waals surface area (Å²) >= 11 is 0. The van der Waals surface area contributed by atoms with Crippen LogP contribution >= 0.6 is 0 Å². The summed E-state index contributed by atoms with van der Waals surface area (Å²) in [6.07, 6.45) is 5.47. The lowest BCUT2D eigenvalue weighted by Gasteiger charge is -2.14. The third kappa shape index (κ3) is 6.21. The maximum Gasteiger partial charge on any atom is 0.331 e. The molecule has 2 unspecified atom stereocenters. The summed E-state index contributed by atoms with van der Waals surface area (Å²) in [6.45, 7) is 9.26. The Bertz CT molecular complexity index is 2080. The Balaban J connectivity index is 0.000000185. The van der Waals surface area contributed by atoms with E-state index < -0.39 is 0 Å². The number of benzene rings is 5. The van der Waals surface area contributed by atoms with E-state index in [-0.39, 0.29) is 12.6 Å². The highest BCUT2D eigenvalue weighted by atomic mass is 16.5. The molecule has 0 amide bonds. The molecule has 0 aliphatic rings. The summed E-state index contributed by atoms with van der Waals surface area (Å²) in [5.74, 6) is -0.337. The van der Waals surface area contributed by atoms with Gasteiger partial charge < -0.3 is 13.9 Å². The maximum absolute atomic E-state index is 12.1. The molecule has 0 spiro atoms. The number of hydrogen-bond acceptors (Lipinski definition) is 2. The number of carbonyl (C=O) groups excluding carboxylic acids is 1. The van der Waals surface area contributed by atoms with Crippen molar-refractivity contribution in [2.45, 2.75) is 59.2 Å². The van der Waals surface area contributed by atoms with Crippen molar-refractivity contribution in [2.75, 3.05) is 0 Å². The van der Waals surface area contributed by atoms with Gasteiger partial charge in [0.25, 0.3) is 0 Å². The van der Waals surface area contributed by atoms with E-state index in [0.29, 0.717) is 12.1 Å². The molecule has 0 N–H and O–H groups in total. The van der Waals surface area contributed by atoms with Crippen LogP contribution in [-0.2, 0) is 16.1 Å². The Morgan fingerprint density at radius 2 is 1.07 bits per heavy atom. The minimum absolute atomic E-state index is 0.261. The van der Waals surface area contributed by atoms with Crippen LogP contribution in [0.4, 0.5) is 0 Å². The fourth-order valence-electron chi connectivity index (χ4n) is 6.34. The Hall–Kier alpha value is -5.09. The van der Waals surface area contributed by atoms with Crippen molar-refractivity contribution in [3.8, 4) is 0 Å². The van der Waals surface area contributed by atoms with E-state index in [2.05, 4.69) is 122 Å². The van der Waals surface area contributed by atoms with E-state index in [4.69, 9.17) is 4.74 Å². The lowest BCUT2D eigenvalue weighted by Crippen LogP contribution is -2.03. The Labute approximate surface area is 271 Å². The zero-order valence-corrected chi connectivity index (χ0v) is 27.2. The highest BCUT2D eigenvalue weighted by Crippen LogP contribution is 2.34. The van der Waals surface area contributed by atoms with Gasteiger partial charge in [-0.15, -0.1) is 0 Å². The number of aromatic nitrogens is 2. The predicted octanol–water partition coefficient (Wildman–Crippen LogP) is 11.3. The minimum atomic E-state index is -0.337. The van der Waals surface area contributed by atoms with Crippen LogP contribution in [-0.4, -0.2) is 15.1 Å². The lowest BCUT2D eigenvalue weighted by atomic mass is 10.1. The van der Waals surface area contributed by atoms with Gasteiger partial charge in [0.05, 0.1) is 0 Å². The fourth-order valence-corrected chi connectivity index (χ4v) is 6.34. The van der Waals surface area contributed by atoms with Crippen LogP contribution in [0.2, 0.25) is 0 Å². The second kappa shape index (κ2) is 13.9. The van der Waals surface area contributed by atoms with Crippen molar-refractivity contribution in [2.24, 2.45) is 0 Å². The number of rotatable bonds is 8. The van der Waals surface area contributed by atoms with Gasteiger partial charge in [-0.2, -0.15) is 0 Å². The largest absolute Gasteiger partial charge is 0.458 e. The second-order valence-corrected chi connectivity index (χ2v) is 12.0. The van der Waals surface area contributed by atoms with E-state index in [1.54, 1.807) is 6.08 Å². The van der Waals surface area contributed by atoms with Gasteiger partial charge in [0.15, 0.2) is 0 Å². The Morgan fingerprint density at radius 3 is 1.59 bits per heavy atom. The van der Waals surface area contributed by atoms with Crippen LogP contribution in [0, 0.1) is 0 Å². The van der Waals surface area contributed by atoms with Crippen LogP contribution in [0.1, 0.15) is 63.7 Å².